The molecule has 1 rings (SSSR count). The lowest BCUT2D eigenvalue weighted by Crippen LogP contribution is -2.40. The third-order valence-corrected chi connectivity index (χ3v) is 2.33. The topological polar surface area (TPSA) is 61.3 Å². The summed E-state index contributed by atoms with van der Waals surface area (Å²) in [6, 6.07) is 0.161. The van der Waals surface area contributed by atoms with Crippen molar-refractivity contribution in [2.45, 2.75) is 31.9 Å². The zero-order valence-corrected chi connectivity index (χ0v) is 7.12. The van der Waals surface area contributed by atoms with Crippen molar-refractivity contribution in [2.24, 2.45) is 17.4 Å². The van der Waals surface area contributed by atoms with Crippen LogP contribution in [-0.4, -0.2) is 25.3 Å². The molecule has 1 heterocycles. The van der Waals surface area contributed by atoms with E-state index >= 15 is 0 Å². The van der Waals surface area contributed by atoms with E-state index in [9.17, 15) is 0 Å². The van der Waals surface area contributed by atoms with Crippen LogP contribution >= 0.6 is 0 Å². The van der Waals surface area contributed by atoms with Gasteiger partial charge in [-0.1, -0.05) is 0 Å². The number of ether oxygens (including phenoxy) is 1. The molecule has 1 saturated heterocycles. The van der Waals surface area contributed by atoms with Crippen LogP contribution in [0.5, 0.6) is 0 Å². The molecule has 0 amide bonds. The number of hydrogen-bond donors (Lipinski definition) is 2. The van der Waals surface area contributed by atoms with Crippen LogP contribution in [0.1, 0.15) is 19.8 Å². The normalized spacial score (nSPS) is 35.2. The van der Waals surface area contributed by atoms with E-state index in [2.05, 4.69) is 0 Å². The van der Waals surface area contributed by atoms with Gasteiger partial charge in [0.15, 0.2) is 0 Å². The van der Waals surface area contributed by atoms with E-state index in [-0.39, 0.29) is 12.1 Å². The van der Waals surface area contributed by atoms with E-state index in [1.807, 2.05) is 6.92 Å². The van der Waals surface area contributed by atoms with Crippen molar-refractivity contribution >= 4 is 0 Å². The van der Waals surface area contributed by atoms with E-state index in [0.717, 1.165) is 19.6 Å². The lowest BCUT2D eigenvalue weighted by molar-refractivity contribution is -0.0234. The first-order valence-corrected chi connectivity index (χ1v) is 4.31. The molecular formula is C8H18N2O. The highest BCUT2D eigenvalue weighted by molar-refractivity contribution is 4.76. The van der Waals surface area contributed by atoms with Crippen molar-refractivity contribution < 1.29 is 4.74 Å². The Morgan fingerprint density at radius 2 is 2.27 bits per heavy atom. The molecule has 1 aliphatic rings. The molecular weight excluding hydrogens is 140 g/mol. The fraction of sp³-hybridized carbons (Fsp3) is 1.00. The van der Waals surface area contributed by atoms with Gasteiger partial charge in [0.05, 0.1) is 12.7 Å². The fourth-order valence-corrected chi connectivity index (χ4v) is 1.43. The largest absolute Gasteiger partial charge is 0.376 e. The maximum atomic E-state index is 5.70. The quantitative estimate of drug-likeness (QED) is 0.598. The molecule has 1 aliphatic heterocycles. The molecule has 0 radical (unpaired) electrons. The van der Waals surface area contributed by atoms with Crippen molar-refractivity contribution in [1.82, 2.24) is 0 Å². The van der Waals surface area contributed by atoms with Gasteiger partial charge in [-0.2, -0.15) is 0 Å². The highest BCUT2D eigenvalue weighted by atomic mass is 16.5. The number of hydrogen-bond acceptors (Lipinski definition) is 3. The fourth-order valence-electron chi connectivity index (χ4n) is 1.43. The Balaban J connectivity index is 2.24. The predicted octanol–water partition coefficient (Wildman–Crippen LogP) is 0.0875. The second-order valence-corrected chi connectivity index (χ2v) is 3.41. The van der Waals surface area contributed by atoms with Gasteiger partial charge in [-0.05, 0) is 32.2 Å². The molecule has 4 N–H and O–H groups in total. The first-order chi connectivity index (χ1) is 5.24. The van der Waals surface area contributed by atoms with Crippen LogP contribution in [0.25, 0.3) is 0 Å². The van der Waals surface area contributed by atoms with Crippen LogP contribution < -0.4 is 11.5 Å². The first-order valence-electron chi connectivity index (χ1n) is 4.31. The Morgan fingerprint density at radius 1 is 1.55 bits per heavy atom. The van der Waals surface area contributed by atoms with Crippen molar-refractivity contribution in [2.75, 3.05) is 13.2 Å². The highest BCUT2D eigenvalue weighted by Crippen LogP contribution is 2.19. The average molecular weight is 158 g/mol. The van der Waals surface area contributed by atoms with E-state index in [1.54, 1.807) is 0 Å². The van der Waals surface area contributed by atoms with Gasteiger partial charge in [-0.3, -0.25) is 0 Å². The molecule has 0 aromatic heterocycles. The van der Waals surface area contributed by atoms with E-state index < -0.39 is 0 Å². The Hall–Kier alpha value is -0.120. The SMILES string of the molecule is CC(N)C1CCC(CN)CO1. The van der Waals surface area contributed by atoms with Gasteiger partial charge in [0.2, 0.25) is 0 Å². The molecule has 1 fully saturated rings. The summed E-state index contributed by atoms with van der Waals surface area (Å²) in [6.07, 6.45) is 2.50. The highest BCUT2D eigenvalue weighted by Gasteiger charge is 2.22. The summed E-state index contributed by atoms with van der Waals surface area (Å²) in [5, 5.41) is 0. The maximum absolute atomic E-state index is 5.70. The zero-order chi connectivity index (χ0) is 8.27. The van der Waals surface area contributed by atoms with E-state index in [4.69, 9.17) is 16.2 Å². The smallest absolute Gasteiger partial charge is 0.0723 e. The predicted molar refractivity (Wildman–Crippen MR) is 45.2 cm³/mol. The molecule has 0 aromatic rings. The number of nitrogens with two attached hydrogens (primary N) is 2. The molecule has 3 nitrogen and oxygen atoms in total. The summed E-state index contributed by atoms with van der Waals surface area (Å²) in [7, 11) is 0. The van der Waals surface area contributed by atoms with Crippen molar-refractivity contribution in [3.8, 4) is 0 Å². The monoisotopic (exact) mass is 158 g/mol. The van der Waals surface area contributed by atoms with E-state index in [1.165, 1.54) is 6.42 Å². The summed E-state index contributed by atoms with van der Waals surface area (Å²) in [4.78, 5) is 0. The van der Waals surface area contributed by atoms with Crippen LogP contribution in [0.15, 0.2) is 0 Å². The van der Waals surface area contributed by atoms with Gasteiger partial charge >= 0.3 is 0 Å². The Kier molecular flexibility index (Phi) is 3.30. The Bertz CT molecular complexity index is 109. The number of rotatable bonds is 2. The molecule has 0 bridgehead atoms. The standard InChI is InChI=1S/C8H18N2O/c1-6(10)8-3-2-7(4-9)5-11-8/h6-8H,2-5,9-10H2,1H3. The third-order valence-electron chi connectivity index (χ3n) is 2.33. The van der Waals surface area contributed by atoms with Gasteiger partial charge in [-0.15, -0.1) is 0 Å². The lowest BCUT2D eigenvalue weighted by atomic mass is 9.96. The molecule has 11 heavy (non-hydrogen) atoms. The molecule has 66 valence electrons. The van der Waals surface area contributed by atoms with Crippen molar-refractivity contribution in [1.29, 1.82) is 0 Å². The third kappa shape index (κ3) is 2.43. The maximum Gasteiger partial charge on any atom is 0.0723 e. The lowest BCUT2D eigenvalue weighted by Gasteiger charge is -2.30. The minimum absolute atomic E-state index is 0.161. The van der Waals surface area contributed by atoms with Crippen LogP contribution in [-0.2, 0) is 4.74 Å². The average Bonchev–Trinajstić information content (AvgIpc) is 2.05. The van der Waals surface area contributed by atoms with Crippen LogP contribution in [0.3, 0.4) is 0 Å². The molecule has 0 aliphatic carbocycles. The first kappa shape index (κ1) is 8.97. The van der Waals surface area contributed by atoms with Crippen LogP contribution in [0.4, 0.5) is 0 Å². The van der Waals surface area contributed by atoms with Gasteiger partial charge in [0.25, 0.3) is 0 Å². The van der Waals surface area contributed by atoms with Crippen molar-refractivity contribution in [3.63, 3.8) is 0 Å². The second-order valence-electron chi connectivity index (χ2n) is 3.41. The minimum Gasteiger partial charge on any atom is -0.376 e. The van der Waals surface area contributed by atoms with Gasteiger partial charge in [-0.25, -0.2) is 0 Å². The molecule has 3 unspecified atom stereocenters. The summed E-state index contributed by atoms with van der Waals surface area (Å²) < 4.78 is 5.54. The van der Waals surface area contributed by atoms with E-state index in [0.29, 0.717) is 5.92 Å². The summed E-state index contributed by atoms with van der Waals surface area (Å²) in [6.45, 7) is 3.53. The summed E-state index contributed by atoms with van der Waals surface area (Å²) >= 11 is 0. The second kappa shape index (κ2) is 4.04. The van der Waals surface area contributed by atoms with Crippen molar-refractivity contribution in [3.05, 3.63) is 0 Å². The molecule has 0 aromatic carbocycles. The van der Waals surface area contributed by atoms with Crippen LogP contribution in [0.2, 0.25) is 0 Å². The molecule has 3 heteroatoms. The summed E-state index contributed by atoms with van der Waals surface area (Å²) in [5.41, 5.74) is 11.2. The Morgan fingerprint density at radius 3 is 2.64 bits per heavy atom. The van der Waals surface area contributed by atoms with Gasteiger partial charge in [0.1, 0.15) is 0 Å². The minimum atomic E-state index is 0.161. The molecule has 3 atom stereocenters. The zero-order valence-electron chi connectivity index (χ0n) is 7.12. The van der Waals surface area contributed by atoms with Gasteiger partial charge < -0.3 is 16.2 Å². The molecule has 0 spiro atoms. The van der Waals surface area contributed by atoms with Gasteiger partial charge in [0, 0.05) is 6.04 Å². The molecule has 0 saturated carbocycles. The Labute approximate surface area is 68.1 Å². The van der Waals surface area contributed by atoms with Crippen LogP contribution in [0, 0.1) is 5.92 Å². The summed E-state index contributed by atoms with van der Waals surface area (Å²) in [5.74, 6) is 0.560.